The largest absolute Gasteiger partial charge is 0.545 e. The van der Waals surface area contributed by atoms with E-state index in [0.717, 1.165) is 18.2 Å². The van der Waals surface area contributed by atoms with E-state index in [1.807, 2.05) is 0 Å². The van der Waals surface area contributed by atoms with Crippen molar-refractivity contribution in [1.29, 1.82) is 0 Å². The van der Waals surface area contributed by atoms with Gasteiger partial charge in [0.1, 0.15) is 0 Å². The zero-order valence-electron chi connectivity index (χ0n) is 9.75. The van der Waals surface area contributed by atoms with Gasteiger partial charge in [-0.1, -0.05) is 6.07 Å². The number of hydrogen-bond acceptors (Lipinski definition) is 3. The van der Waals surface area contributed by atoms with E-state index in [1.54, 1.807) is 0 Å². The summed E-state index contributed by atoms with van der Waals surface area (Å²) in [6.45, 7) is 1.21. The highest BCUT2D eigenvalue weighted by Crippen LogP contribution is 2.30. The molecule has 0 aromatic heterocycles. The van der Waals surface area contributed by atoms with Crippen molar-refractivity contribution in [2.45, 2.75) is 13.1 Å². The summed E-state index contributed by atoms with van der Waals surface area (Å²) in [7, 11) is 0. The molecule has 0 radical (unpaired) electrons. The zero-order valence-corrected chi connectivity index (χ0v) is 9.75. The van der Waals surface area contributed by atoms with Crippen molar-refractivity contribution in [3.63, 3.8) is 0 Å². The molecule has 0 aliphatic heterocycles. The molecular weight excluding hydrogens is 263 g/mol. The Morgan fingerprint density at radius 2 is 1.95 bits per heavy atom. The van der Waals surface area contributed by atoms with Gasteiger partial charge in [-0.15, -0.1) is 0 Å². The SMILES string of the molecule is C/C(=C\C(=O)[O-])C(=O)Nc1cccc(C(F)(F)F)c1. The van der Waals surface area contributed by atoms with Crippen LogP contribution in [0.2, 0.25) is 0 Å². The quantitative estimate of drug-likeness (QED) is 0.844. The fraction of sp³-hybridized carbons (Fsp3) is 0.167. The Bertz CT molecular complexity index is 535. The van der Waals surface area contributed by atoms with E-state index in [4.69, 9.17) is 0 Å². The maximum Gasteiger partial charge on any atom is 0.416 e. The van der Waals surface area contributed by atoms with Gasteiger partial charge in [0.05, 0.1) is 11.5 Å². The molecule has 0 bridgehead atoms. The third kappa shape index (κ3) is 4.46. The van der Waals surface area contributed by atoms with Crippen LogP contribution in [0.15, 0.2) is 35.9 Å². The minimum atomic E-state index is -4.52. The molecule has 0 unspecified atom stereocenters. The monoisotopic (exact) mass is 272 g/mol. The second-order valence-corrected chi connectivity index (χ2v) is 3.68. The minimum Gasteiger partial charge on any atom is -0.545 e. The fourth-order valence-corrected chi connectivity index (χ4v) is 1.25. The number of amides is 1. The number of aliphatic carboxylic acids is 1. The second-order valence-electron chi connectivity index (χ2n) is 3.68. The minimum absolute atomic E-state index is 0.0778. The Balaban J connectivity index is 2.89. The summed E-state index contributed by atoms with van der Waals surface area (Å²) in [6.07, 6.45) is -3.96. The van der Waals surface area contributed by atoms with Crippen molar-refractivity contribution in [2.75, 3.05) is 5.32 Å². The molecule has 7 heteroatoms. The molecule has 0 aliphatic rings. The molecule has 0 heterocycles. The summed E-state index contributed by atoms with van der Waals surface area (Å²) in [4.78, 5) is 21.7. The third-order valence-electron chi connectivity index (χ3n) is 2.14. The maximum atomic E-state index is 12.4. The van der Waals surface area contributed by atoms with Crippen LogP contribution in [0.5, 0.6) is 0 Å². The van der Waals surface area contributed by atoms with E-state index >= 15 is 0 Å². The Hall–Kier alpha value is -2.31. The number of nitrogens with one attached hydrogen (secondary N) is 1. The topological polar surface area (TPSA) is 69.2 Å². The molecule has 19 heavy (non-hydrogen) atoms. The van der Waals surface area contributed by atoms with Gasteiger partial charge >= 0.3 is 6.18 Å². The lowest BCUT2D eigenvalue weighted by atomic mass is 10.2. The molecule has 1 aromatic carbocycles. The van der Waals surface area contributed by atoms with E-state index in [-0.39, 0.29) is 11.3 Å². The van der Waals surface area contributed by atoms with E-state index < -0.39 is 23.6 Å². The predicted octanol–water partition coefficient (Wildman–Crippen LogP) is 1.34. The third-order valence-corrected chi connectivity index (χ3v) is 2.14. The lowest BCUT2D eigenvalue weighted by Gasteiger charge is -2.10. The smallest absolute Gasteiger partial charge is 0.416 e. The first-order chi connectivity index (χ1) is 8.70. The molecule has 0 aliphatic carbocycles. The molecule has 4 nitrogen and oxygen atoms in total. The summed E-state index contributed by atoms with van der Waals surface area (Å²) in [5.41, 5.74) is -1.17. The molecule has 1 N–H and O–H groups in total. The first kappa shape index (κ1) is 14.7. The highest BCUT2D eigenvalue weighted by atomic mass is 19.4. The summed E-state index contributed by atoms with van der Waals surface area (Å²) in [6, 6.07) is 4.01. The Labute approximate surface area is 106 Å². The number of alkyl halides is 3. The summed E-state index contributed by atoms with van der Waals surface area (Å²) < 4.78 is 37.3. The van der Waals surface area contributed by atoms with Crippen molar-refractivity contribution in [2.24, 2.45) is 0 Å². The van der Waals surface area contributed by atoms with Gasteiger partial charge in [0, 0.05) is 11.3 Å². The number of carbonyl (C=O) groups is 2. The van der Waals surface area contributed by atoms with Crippen molar-refractivity contribution < 1.29 is 27.9 Å². The maximum absolute atomic E-state index is 12.4. The number of carboxylic acid groups (broad SMARTS) is 1. The van der Waals surface area contributed by atoms with Crippen molar-refractivity contribution in [1.82, 2.24) is 0 Å². The summed E-state index contributed by atoms with van der Waals surface area (Å²) in [5.74, 6) is -2.37. The van der Waals surface area contributed by atoms with Gasteiger partial charge in [0.25, 0.3) is 5.91 Å². The number of carbonyl (C=O) groups excluding carboxylic acids is 2. The standard InChI is InChI=1S/C12H10F3NO3/c1-7(5-10(17)18)11(19)16-9-4-2-3-8(6-9)12(13,14)15/h2-6H,1H3,(H,16,19)(H,17,18)/p-1/b7-5+. The van der Waals surface area contributed by atoms with Crippen molar-refractivity contribution in [3.8, 4) is 0 Å². The van der Waals surface area contributed by atoms with E-state index in [0.29, 0.717) is 6.08 Å². The molecule has 102 valence electrons. The van der Waals surface area contributed by atoms with E-state index in [1.165, 1.54) is 13.0 Å². The summed E-state index contributed by atoms with van der Waals surface area (Å²) in [5, 5.41) is 12.4. The fourth-order valence-electron chi connectivity index (χ4n) is 1.25. The molecular formula is C12H9F3NO3-. The van der Waals surface area contributed by atoms with E-state index in [9.17, 15) is 27.9 Å². The van der Waals surface area contributed by atoms with Crippen LogP contribution in [0, 0.1) is 0 Å². The molecule has 0 fully saturated rings. The van der Waals surface area contributed by atoms with Crippen LogP contribution >= 0.6 is 0 Å². The second kappa shape index (κ2) is 5.55. The van der Waals surface area contributed by atoms with Crippen LogP contribution in [0.4, 0.5) is 18.9 Å². The molecule has 0 atom stereocenters. The predicted molar refractivity (Wildman–Crippen MR) is 58.8 cm³/mol. The average Bonchev–Trinajstić information content (AvgIpc) is 2.27. The van der Waals surface area contributed by atoms with Crippen LogP contribution in [0.3, 0.4) is 0 Å². The van der Waals surface area contributed by atoms with Crippen LogP contribution < -0.4 is 10.4 Å². The van der Waals surface area contributed by atoms with Crippen molar-refractivity contribution >= 4 is 17.6 Å². The van der Waals surface area contributed by atoms with E-state index in [2.05, 4.69) is 5.32 Å². The van der Waals surface area contributed by atoms with Gasteiger partial charge in [-0.05, 0) is 31.2 Å². The van der Waals surface area contributed by atoms with Crippen LogP contribution in [-0.4, -0.2) is 11.9 Å². The molecule has 0 spiro atoms. The van der Waals surface area contributed by atoms with Crippen molar-refractivity contribution in [3.05, 3.63) is 41.5 Å². The van der Waals surface area contributed by atoms with Gasteiger partial charge < -0.3 is 15.2 Å². The normalized spacial score (nSPS) is 12.1. The number of halogens is 3. The highest BCUT2D eigenvalue weighted by molar-refractivity contribution is 6.06. The number of rotatable bonds is 3. The van der Waals surface area contributed by atoms with Crippen LogP contribution in [0.25, 0.3) is 0 Å². The van der Waals surface area contributed by atoms with Gasteiger partial charge in [-0.25, -0.2) is 0 Å². The number of anilines is 1. The zero-order chi connectivity index (χ0) is 14.6. The number of benzene rings is 1. The van der Waals surface area contributed by atoms with Gasteiger partial charge in [0.2, 0.25) is 0 Å². The van der Waals surface area contributed by atoms with Gasteiger partial charge in [-0.2, -0.15) is 13.2 Å². The first-order valence-electron chi connectivity index (χ1n) is 5.08. The van der Waals surface area contributed by atoms with Gasteiger partial charge in [-0.3, -0.25) is 4.79 Å². The molecule has 0 saturated heterocycles. The Morgan fingerprint density at radius 1 is 1.32 bits per heavy atom. The number of hydrogen-bond donors (Lipinski definition) is 1. The summed E-state index contributed by atoms with van der Waals surface area (Å²) >= 11 is 0. The molecule has 1 amide bonds. The Morgan fingerprint density at radius 3 is 2.47 bits per heavy atom. The highest BCUT2D eigenvalue weighted by Gasteiger charge is 2.30. The lowest BCUT2D eigenvalue weighted by Crippen LogP contribution is -2.22. The lowest BCUT2D eigenvalue weighted by molar-refractivity contribution is -0.297. The molecule has 1 rings (SSSR count). The van der Waals surface area contributed by atoms with Crippen LogP contribution in [0.1, 0.15) is 12.5 Å². The van der Waals surface area contributed by atoms with Gasteiger partial charge in [0.15, 0.2) is 0 Å². The Kier molecular flexibility index (Phi) is 4.31. The number of carboxylic acids is 1. The molecule has 0 saturated carbocycles. The van der Waals surface area contributed by atoms with Crippen LogP contribution in [-0.2, 0) is 15.8 Å². The molecule has 1 aromatic rings. The first-order valence-corrected chi connectivity index (χ1v) is 5.08. The average molecular weight is 272 g/mol.